The first-order valence-corrected chi connectivity index (χ1v) is 6.83. The van der Waals surface area contributed by atoms with Gasteiger partial charge in [0.05, 0.1) is 12.0 Å². The number of carbonyl (C=O) groups is 2. The van der Waals surface area contributed by atoms with Crippen LogP contribution in [0.5, 0.6) is 0 Å². The van der Waals surface area contributed by atoms with Gasteiger partial charge in [-0.25, -0.2) is 8.78 Å². The van der Waals surface area contributed by atoms with Crippen molar-refractivity contribution in [2.75, 3.05) is 19.6 Å². The maximum absolute atomic E-state index is 14.0. The van der Waals surface area contributed by atoms with Gasteiger partial charge >= 0.3 is 0 Å². The molecular weight excluding hydrogens is 282 g/mol. The number of rotatable bonds is 1. The van der Waals surface area contributed by atoms with Gasteiger partial charge in [0.2, 0.25) is 5.91 Å². The quantitative estimate of drug-likeness (QED) is 0.856. The lowest BCUT2D eigenvalue weighted by atomic mass is 9.77. The third kappa shape index (κ3) is 2.41. The van der Waals surface area contributed by atoms with Crippen molar-refractivity contribution in [1.29, 1.82) is 0 Å². The SMILES string of the molecule is Cc1ccc(C(=O)N2CC(F)(F)C[C@@]3(CCNC3=O)C2)o1. The molecule has 0 bridgehead atoms. The van der Waals surface area contributed by atoms with E-state index in [0.717, 1.165) is 4.90 Å². The van der Waals surface area contributed by atoms with Crippen molar-refractivity contribution in [2.45, 2.75) is 25.7 Å². The van der Waals surface area contributed by atoms with E-state index in [9.17, 15) is 18.4 Å². The summed E-state index contributed by atoms with van der Waals surface area (Å²) < 4.78 is 33.2. The number of alkyl halides is 2. The monoisotopic (exact) mass is 298 g/mol. The van der Waals surface area contributed by atoms with Crippen LogP contribution in [0.3, 0.4) is 0 Å². The summed E-state index contributed by atoms with van der Waals surface area (Å²) in [5, 5.41) is 2.59. The van der Waals surface area contributed by atoms with Crippen LogP contribution in [0.25, 0.3) is 0 Å². The number of amides is 2. The Morgan fingerprint density at radius 3 is 2.71 bits per heavy atom. The van der Waals surface area contributed by atoms with Crippen LogP contribution in [-0.4, -0.2) is 42.3 Å². The summed E-state index contributed by atoms with van der Waals surface area (Å²) in [6, 6.07) is 3.07. The first-order chi connectivity index (χ1) is 9.81. The molecule has 0 radical (unpaired) electrons. The van der Waals surface area contributed by atoms with Gasteiger partial charge in [0.25, 0.3) is 11.8 Å². The molecule has 21 heavy (non-hydrogen) atoms. The van der Waals surface area contributed by atoms with E-state index in [4.69, 9.17) is 4.42 Å². The molecule has 1 atom stereocenters. The van der Waals surface area contributed by atoms with Gasteiger partial charge < -0.3 is 14.6 Å². The Hall–Kier alpha value is -1.92. The molecule has 1 spiro atoms. The number of nitrogens with one attached hydrogen (secondary N) is 1. The minimum absolute atomic E-state index is 0.00695. The highest BCUT2D eigenvalue weighted by molar-refractivity contribution is 5.93. The van der Waals surface area contributed by atoms with E-state index >= 15 is 0 Å². The van der Waals surface area contributed by atoms with Crippen LogP contribution >= 0.6 is 0 Å². The molecule has 0 unspecified atom stereocenters. The van der Waals surface area contributed by atoms with Crippen LogP contribution in [0, 0.1) is 12.3 Å². The minimum Gasteiger partial charge on any atom is -0.456 e. The summed E-state index contributed by atoms with van der Waals surface area (Å²) >= 11 is 0. The lowest BCUT2D eigenvalue weighted by Gasteiger charge is -2.42. The molecule has 7 heteroatoms. The first-order valence-electron chi connectivity index (χ1n) is 6.83. The van der Waals surface area contributed by atoms with Crippen molar-refractivity contribution >= 4 is 11.8 Å². The van der Waals surface area contributed by atoms with Gasteiger partial charge in [-0.05, 0) is 25.5 Å². The highest BCUT2D eigenvalue weighted by atomic mass is 19.3. The lowest BCUT2D eigenvalue weighted by molar-refractivity contribution is -0.144. The normalized spacial score (nSPS) is 28.0. The van der Waals surface area contributed by atoms with E-state index in [1.165, 1.54) is 6.07 Å². The number of halogens is 2. The summed E-state index contributed by atoms with van der Waals surface area (Å²) in [6.07, 6.45) is -0.185. The average molecular weight is 298 g/mol. The fourth-order valence-electron chi connectivity index (χ4n) is 3.19. The summed E-state index contributed by atoms with van der Waals surface area (Å²) in [5.74, 6) is -3.50. The molecular formula is C14H16F2N2O3. The second kappa shape index (κ2) is 4.54. The number of likely N-dealkylation sites (tertiary alicyclic amines) is 1. The van der Waals surface area contributed by atoms with E-state index in [2.05, 4.69) is 5.32 Å². The van der Waals surface area contributed by atoms with E-state index in [0.29, 0.717) is 18.7 Å². The van der Waals surface area contributed by atoms with Crippen molar-refractivity contribution in [1.82, 2.24) is 10.2 Å². The molecule has 0 aromatic carbocycles. The smallest absolute Gasteiger partial charge is 0.289 e. The molecule has 1 aromatic heterocycles. The highest BCUT2D eigenvalue weighted by Gasteiger charge is 2.55. The third-order valence-corrected chi connectivity index (χ3v) is 4.12. The largest absolute Gasteiger partial charge is 0.456 e. The molecule has 3 rings (SSSR count). The molecule has 0 aliphatic carbocycles. The molecule has 2 amide bonds. The fraction of sp³-hybridized carbons (Fsp3) is 0.571. The fourth-order valence-corrected chi connectivity index (χ4v) is 3.19. The number of aryl methyl sites for hydroxylation is 1. The van der Waals surface area contributed by atoms with Crippen molar-refractivity contribution in [3.63, 3.8) is 0 Å². The van der Waals surface area contributed by atoms with Gasteiger partial charge in [0.15, 0.2) is 5.76 Å². The van der Waals surface area contributed by atoms with Crippen molar-refractivity contribution in [3.8, 4) is 0 Å². The predicted molar refractivity (Wildman–Crippen MR) is 69.0 cm³/mol. The molecule has 2 aliphatic heterocycles. The molecule has 1 N–H and O–H groups in total. The molecule has 0 saturated carbocycles. The van der Waals surface area contributed by atoms with E-state index in [1.807, 2.05) is 0 Å². The Labute approximate surface area is 120 Å². The Bertz CT molecular complexity index is 599. The number of carbonyl (C=O) groups excluding carboxylic acids is 2. The Kier molecular flexibility index (Phi) is 3.04. The maximum Gasteiger partial charge on any atom is 0.289 e. The van der Waals surface area contributed by atoms with Gasteiger partial charge in [0.1, 0.15) is 5.76 Å². The number of furan rings is 1. The standard InChI is InChI=1S/C14H16F2N2O3/c1-9-2-3-10(21-9)11(19)18-7-13(4-5-17-12(13)20)6-14(15,16)8-18/h2-3H,4-8H2,1H3,(H,17,20)/t13-/m0/s1. The van der Waals surface area contributed by atoms with Crippen molar-refractivity contribution in [3.05, 3.63) is 23.7 Å². The second-order valence-corrected chi connectivity index (χ2v) is 5.89. The zero-order chi connectivity index (χ0) is 15.3. The minimum atomic E-state index is -3.07. The summed E-state index contributed by atoms with van der Waals surface area (Å²) in [6.45, 7) is 1.37. The zero-order valence-corrected chi connectivity index (χ0v) is 11.6. The second-order valence-electron chi connectivity index (χ2n) is 5.89. The number of nitrogens with zero attached hydrogens (tertiary/aromatic N) is 1. The van der Waals surface area contributed by atoms with Gasteiger partial charge in [-0.2, -0.15) is 0 Å². The van der Waals surface area contributed by atoms with Crippen molar-refractivity contribution < 1.29 is 22.8 Å². The van der Waals surface area contributed by atoms with Gasteiger partial charge in [0, 0.05) is 19.5 Å². The van der Waals surface area contributed by atoms with Crippen LogP contribution in [0.1, 0.15) is 29.2 Å². The maximum atomic E-state index is 14.0. The average Bonchev–Trinajstić information content (AvgIpc) is 2.95. The topological polar surface area (TPSA) is 62.6 Å². The lowest BCUT2D eigenvalue weighted by Crippen LogP contribution is -2.56. The first kappa shape index (κ1) is 14.0. The van der Waals surface area contributed by atoms with Gasteiger partial charge in [-0.1, -0.05) is 0 Å². The van der Waals surface area contributed by atoms with Crippen LogP contribution < -0.4 is 5.32 Å². The van der Waals surface area contributed by atoms with Crippen LogP contribution in [0.15, 0.2) is 16.5 Å². The Balaban J connectivity index is 1.88. The Morgan fingerprint density at radius 2 is 2.14 bits per heavy atom. The van der Waals surface area contributed by atoms with Crippen LogP contribution in [0.2, 0.25) is 0 Å². The molecule has 1 aromatic rings. The molecule has 114 valence electrons. The highest BCUT2D eigenvalue weighted by Crippen LogP contribution is 2.43. The van der Waals surface area contributed by atoms with Crippen molar-refractivity contribution in [2.24, 2.45) is 5.41 Å². The number of hydrogen-bond donors (Lipinski definition) is 1. The predicted octanol–water partition coefficient (Wildman–Crippen LogP) is 1.58. The van der Waals surface area contributed by atoms with Gasteiger partial charge in [-0.15, -0.1) is 0 Å². The number of hydrogen-bond acceptors (Lipinski definition) is 3. The van der Waals surface area contributed by atoms with Crippen LogP contribution in [-0.2, 0) is 4.79 Å². The zero-order valence-electron chi connectivity index (χ0n) is 11.6. The summed E-state index contributed by atoms with van der Waals surface area (Å²) in [7, 11) is 0. The van der Waals surface area contributed by atoms with Crippen LogP contribution in [0.4, 0.5) is 8.78 Å². The summed E-state index contributed by atoms with van der Waals surface area (Å²) in [4.78, 5) is 25.3. The van der Waals surface area contributed by atoms with E-state index in [-0.39, 0.29) is 12.3 Å². The Morgan fingerprint density at radius 1 is 1.38 bits per heavy atom. The molecule has 2 fully saturated rings. The summed E-state index contributed by atoms with van der Waals surface area (Å²) in [5.41, 5.74) is -1.18. The van der Waals surface area contributed by atoms with E-state index < -0.39 is 36.1 Å². The number of piperidine rings is 1. The molecule has 2 saturated heterocycles. The molecule has 2 aliphatic rings. The molecule has 3 heterocycles. The van der Waals surface area contributed by atoms with Gasteiger partial charge in [-0.3, -0.25) is 9.59 Å². The third-order valence-electron chi connectivity index (χ3n) is 4.12. The van der Waals surface area contributed by atoms with E-state index in [1.54, 1.807) is 13.0 Å². The molecule has 5 nitrogen and oxygen atoms in total.